The Hall–Kier alpha value is -0.580. The summed E-state index contributed by atoms with van der Waals surface area (Å²) in [6, 6.07) is 5.10. The molecule has 1 aromatic carbocycles. The Balaban J connectivity index is 2.44. The number of rotatable bonds is 1. The first-order valence-corrected chi connectivity index (χ1v) is 7.03. The summed E-state index contributed by atoms with van der Waals surface area (Å²) in [7, 11) is 3.75. The Kier molecular flexibility index (Phi) is 2.75. The lowest BCUT2D eigenvalue weighted by Gasteiger charge is -2.24. The molecule has 0 aliphatic carbocycles. The lowest BCUT2D eigenvalue weighted by Crippen LogP contribution is -2.26. The van der Waals surface area contributed by atoms with Gasteiger partial charge in [0.25, 0.3) is 9.05 Å². The van der Waals surface area contributed by atoms with E-state index in [-0.39, 0.29) is 4.90 Å². The van der Waals surface area contributed by atoms with Gasteiger partial charge in [-0.1, -0.05) is 6.07 Å². The summed E-state index contributed by atoms with van der Waals surface area (Å²) in [6.07, 6.45) is 0.881. The highest BCUT2D eigenvalue weighted by molar-refractivity contribution is 8.13. The summed E-state index contributed by atoms with van der Waals surface area (Å²) in [5.74, 6) is 0. The van der Waals surface area contributed by atoms with Crippen molar-refractivity contribution in [2.45, 2.75) is 17.9 Å². The van der Waals surface area contributed by atoms with Crippen LogP contribution >= 0.6 is 10.7 Å². The fourth-order valence-corrected chi connectivity index (χ4v) is 2.62. The van der Waals surface area contributed by atoms with E-state index in [0.717, 1.165) is 25.1 Å². The summed E-state index contributed by atoms with van der Waals surface area (Å²) < 4.78 is 22.3. The summed E-state index contributed by atoms with van der Waals surface area (Å²) in [6.45, 7) is 1.83. The Bertz CT molecular complexity index is 484. The van der Waals surface area contributed by atoms with Gasteiger partial charge in [0.05, 0.1) is 4.90 Å². The van der Waals surface area contributed by atoms with Crippen LogP contribution in [0, 0.1) is 0 Å². The van der Waals surface area contributed by atoms with E-state index in [2.05, 4.69) is 11.9 Å². The van der Waals surface area contributed by atoms with Crippen molar-refractivity contribution in [2.24, 2.45) is 0 Å². The second-order valence-electron chi connectivity index (χ2n) is 3.86. The van der Waals surface area contributed by atoms with E-state index in [1.165, 1.54) is 5.56 Å². The second-order valence-corrected chi connectivity index (χ2v) is 6.42. The van der Waals surface area contributed by atoms with Crippen LogP contribution in [0.25, 0.3) is 0 Å². The van der Waals surface area contributed by atoms with Gasteiger partial charge in [0.15, 0.2) is 0 Å². The van der Waals surface area contributed by atoms with Crippen LogP contribution in [0.2, 0.25) is 0 Å². The SMILES string of the molecule is CN1CCc2cc(S(=O)(=O)Cl)ccc2C1. The first-order chi connectivity index (χ1) is 6.97. The van der Waals surface area contributed by atoms with E-state index in [1.54, 1.807) is 12.1 Å². The van der Waals surface area contributed by atoms with Crippen LogP contribution in [0.4, 0.5) is 0 Å². The molecule has 0 aromatic heterocycles. The first kappa shape index (κ1) is 10.9. The zero-order valence-corrected chi connectivity index (χ0v) is 9.98. The topological polar surface area (TPSA) is 37.4 Å². The molecular weight excluding hydrogens is 234 g/mol. The minimum atomic E-state index is -3.59. The highest BCUT2D eigenvalue weighted by Crippen LogP contribution is 2.23. The highest BCUT2D eigenvalue weighted by Gasteiger charge is 2.17. The smallest absolute Gasteiger partial charge is 0.261 e. The molecule has 1 aromatic rings. The third-order valence-electron chi connectivity index (χ3n) is 2.66. The normalized spacial score (nSPS) is 17.5. The van der Waals surface area contributed by atoms with E-state index >= 15 is 0 Å². The van der Waals surface area contributed by atoms with Gasteiger partial charge in [-0.05, 0) is 36.7 Å². The maximum Gasteiger partial charge on any atom is 0.261 e. The number of fused-ring (bicyclic) bond motifs is 1. The monoisotopic (exact) mass is 245 g/mol. The zero-order valence-electron chi connectivity index (χ0n) is 8.40. The summed E-state index contributed by atoms with van der Waals surface area (Å²) in [4.78, 5) is 2.41. The minimum absolute atomic E-state index is 0.201. The van der Waals surface area contributed by atoms with Gasteiger partial charge in [0.1, 0.15) is 0 Å². The number of nitrogens with zero attached hydrogens (tertiary/aromatic N) is 1. The molecule has 1 aliphatic rings. The van der Waals surface area contributed by atoms with Crippen molar-refractivity contribution in [3.05, 3.63) is 29.3 Å². The highest BCUT2D eigenvalue weighted by atomic mass is 35.7. The standard InChI is InChI=1S/C10H12ClNO2S/c1-12-5-4-8-6-10(15(11,13)14)3-2-9(8)7-12/h2-3,6H,4-5,7H2,1H3. The Morgan fingerprint density at radius 1 is 1.33 bits per heavy atom. The second kappa shape index (κ2) is 3.77. The van der Waals surface area contributed by atoms with Crippen molar-refractivity contribution in [1.82, 2.24) is 4.90 Å². The lowest BCUT2D eigenvalue weighted by atomic mass is 10.0. The van der Waals surface area contributed by atoms with Crippen LogP contribution in [0.3, 0.4) is 0 Å². The largest absolute Gasteiger partial charge is 0.302 e. The molecule has 1 heterocycles. The Morgan fingerprint density at radius 2 is 2.07 bits per heavy atom. The molecule has 0 atom stereocenters. The lowest BCUT2D eigenvalue weighted by molar-refractivity contribution is 0.312. The molecule has 0 radical (unpaired) electrons. The van der Waals surface area contributed by atoms with Crippen molar-refractivity contribution in [3.8, 4) is 0 Å². The molecule has 3 nitrogen and oxygen atoms in total. The summed E-state index contributed by atoms with van der Waals surface area (Å²) in [5.41, 5.74) is 2.28. The van der Waals surface area contributed by atoms with Gasteiger partial charge in [-0.15, -0.1) is 0 Å². The molecular formula is C10H12ClNO2S. The number of likely N-dealkylation sites (N-methyl/N-ethyl adjacent to an activating group) is 1. The quantitative estimate of drug-likeness (QED) is 0.706. The average molecular weight is 246 g/mol. The molecule has 0 fully saturated rings. The number of benzene rings is 1. The molecule has 2 rings (SSSR count). The third-order valence-corrected chi connectivity index (χ3v) is 4.01. The fourth-order valence-electron chi connectivity index (χ4n) is 1.82. The zero-order chi connectivity index (χ0) is 11.1. The van der Waals surface area contributed by atoms with E-state index in [1.807, 2.05) is 6.07 Å². The summed E-state index contributed by atoms with van der Waals surface area (Å²) >= 11 is 0. The van der Waals surface area contributed by atoms with E-state index in [9.17, 15) is 8.42 Å². The van der Waals surface area contributed by atoms with Gasteiger partial charge < -0.3 is 4.90 Å². The predicted octanol–water partition coefficient (Wildman–Crippen LogP) is 1.60. The number of halogens is 1. The maximum absolute atomic E-state index is 11.1. The Labute approximate surface area is 94.1 Å². The molecule has 0 amide bonds. The van der Waals surface area contributed by atoms with Crippen LogP contribution < -0.4 is 0 Å². The van der Waals surface area contributed by atoms with Crippen LogP contribution in [0.15, 0.2) is 23.1 Å². The molecule has 15 heavy (non-hydrogen) atoms. The van der Waals surface area contributed by atoms with Crippen molar-refractivity contribution in [2.75, 3.05) is 13.6 Å². The summed E-state index contributed by atoms with van der Waals surface area (Å²) in [5, 5.41) is 0. The van der Waals surface area contributed by atoms with Crippen LogP contribution in [-0.4, -0.2) is 26.9 Å². The molecule has 5 heteroatoms. The first-order valence-electron chi connectivity index (χ1n) is 4.72. The molecule has 0 saturated carbocycles. The van der Waals surface area contributed by atoms with E-state index in [0.29, 0.717) is 0 Å². The van der Waals surface area contributed by atoms with Gasteiger partial charge in [-0.3, -0.25) is 0 Å². The van der Waals surface area contributed by atoms with Crippen molar-refractivity contribution in [3.63, 3.8) is 0 Å². The maximum atomic E-state index is 11.1. The van der Waals surface area contributed by atoms with Crippen LogP contribution in [0.1, 0.15) is 11.1 Å². The number of hydrogen-bond donors (Lipinski definition) is 0. The predicted molar refractivity (Wildman–Crippen MR) is 59.5 cm³/mol. The van der Waals surface area contributed by atoms with Crippen molar-refractivity contribution >= 4 is 19.7 Å². The van der Waals surface area contributed by atoms with Crippen LogP contribution in [-0.2, 0) is 22.0 Å². The molecule has 82 valence electrons. The van der Waals surface area contributed by atoms with Gasteiger partial charge in [0, 0.05) is 23.8 Å². The average Bonchev–Trinajstić information content (AvgIpc) is 2.15. The van der Waals surface area contributed by atoms with Gasteiger partial charge in [-0.2, -0.15) is 0 Å². The van der Waals surface area contributed by atoms with Crippen molar-refractivity contribution in [1.29, 1.82) is 0 Å². The fraction of sp³-hybridized carbons (Fsp3) is 0.400. The van der Waals surface area contributed by atoms with Gasteiger partial charge >= 0.3 is 0 Å². The van der Waals surface area contributed by atoms with E-state index in [4.69, 9.17) is 10.7 Å². The van der Waals surface area contributed by atoms with Gasteiger partial charge in [-0.25, -0.2) is 8.42 Å². The number of hydrogen-bond acceptors (Lipinski definition) is 3. The van der Waals surface area contributed by atoms with Crippen molar-refractivity contribution < 1.29 is 8.42 Å². The van der Waals surface area contributed by atoms with Crippen LogP contribution in [0.5, 0.6) is 0 Å². The molecule has 0 unspecified atom stereocenters. The molecule has 0 N–H and O–H groups in total. The molecule has 0 spiro atoms. The minimum Gasteiger partial charge on any atom is -0.302 e. The molecule has 0 bridgehead atoms. The molecule has 1 aliphatic heterocycles. The Morgan fingerprint density at radius 3 is 2.73 bits per heavy atom. The third kappa shape index (κ3) is 2.33. The van der Waals surface area contributed by atoms with Gasteiger partial charge in [0.2, 0.25) is 0 Å². The molecule has 0 saturated heterocycles. The van der Waals surface area contributed by atoms with E-state index < -0.39 is 9.05 Å².